The van der Waals surface area contributed by atoms with Crippen LogP contribution in [0.15, 0.2) is 48.6 Å². The number of hydrogen-bond donors (Lipinski definition) is 0. The van der Waals surface area contributed by atoms with Gasteiger partial charge in [0.05, 0.1) is 40.3 Å². The maximum Gasteiger partial charge on any atom is 0.306 e. The molecule has 0 saturated carbocycles. The minimum Gasteiger partial charge on any atom is -0.544 e. The number of carbonyl (C=O) groups excluding carboxylic acids is 3. The van der Waals surface area contributed by atoms with E-state index in [0.29, 0.717) is 12.8 Å². The molecule has 8 heteroatoms. The third-order valence-electron chi connectivity index (χ3n) is 8.97. The summed E-state index contributed by atoms with van der Waals surface area (Å²) in [4.78, 5) is 36.5. The van der Waals surface area contributed by atoms with E-state index in [1.807, 2.05) is 12.2 Å². The number of aliphatic carboxylic acids is 1. The summed E-state index contributed by atoms with van der Waals surface area (Å²) < 4.78 is 17.0. The van der Waals surface area contributed by atoms with Crippen LogP contribution in [0.5, 0.6) is 0 Å². The molecule has 0 amide bonds. The molecule has 0 aromatic carbocycles. The highest BCUT2D eigenvalue weighted by Crippen LogP contribution is 2.15. The van der Waals surface area contributed by atoms with Crippen LogP contribution in [0.25, 0.3) is 0 Å². The van der Waals surface area contributed by atoms with Crippen LogP contribution in [-0.4, -0.2) is 75.5 Å². The smallest absolute Gasteiger partial charge is 0.306 e. The molecule has 0 aromatic rings. The third kappa shape index (κ3) is 33.1. The molecular weight excluding hydrogens is 654 g/mol. The van der Waals surface area contributed by atoms with Crippen molar-refractivity contribution in [1.82, 2.24) is 0 Å². The van der Waals surface area contributed by atoms with Crippen molar-refractivity contribution < 1.29 is 38.2 Å². The van der Waals surface area contributed by atoms with E-state index in [2.05, 4.69) is 50.3 Å². The molecule has 52 heavy (non-hydrogen) atoms. The number of quaternary nitrogens is 1. The van der Waals surface area contributed by atoms with E-state index >= 15 is 0 Å². The Kier molecular flexibility index (Phi) is 33.5. The summed E-state index contributed by atoms with van der Waals surface area (Å²) in [6.45, 7) is 4.34. The van der Waals surface area contributed by atoms with Crippen LogP contribution < -0.4 is 5.11 Å². The summed E-state index contributed by atoms with van der Waals surface area (Å²) in [7, 11) is 5.38. The summed E-state index contributed by atoms with van der Waals surface area (Å²) in [5.74, 6) is -1.83. The van der Waals surface area contributed by atoms with Gasteiger partial charge in [-0.2, -0.15) is 0 Å². The highest BCUT2D eigenvalue weighted by molar-refractivity contribution is 5.70. The summed E-state index contributed by atoms with van der Waals surface area (Å²) in [6, 6.07) is -0.731. The van der Waals surface area contributed by atoms with Gasteiger partial charge in [-0.3, -0.25) is 9.59 Å². The molecule has 0 heterocycles. The lowest BCUT2D eigenvalue weighted by Crippen LogP contribution is -2.55. The van der Waals surface area contributed by atoms with Gasteiger partial charge in [-0.1, -0.05) is 140 Å². The van der Waals surface area contributed by atoms with Crippen molar-refractivity contribution in [3.63, 3.8) is 0 Å². The largest absolute Gasteiger partial charge is 0.544 e. The molecule has 0 aromatic heterocycles. The SMILES string of the molecule is CC/C=C/C/C=C/CCCCCCCCCCCCCCCCC(=O)OC(COCCC(C(=O)[O-])[N+](C)(C)C)COC(=O)CC/C=C/C/C=C/CC. The lowest BCUT2D eigenvalue weighted by molar-refractivity contribution is -0.889. The Labute approximate surface area is 318 Å². The van der Waals surface area contributed by atoms with Crippen LogP contribution in [-0.2, 0) is 28.6 Å². The Balaban J connectivity index is 4.21. The highest BCUT2D eigenvalue weighted by Gasteiger charge is 2.25. The molecule has 0 fully saturated rings. The second kappa shape index (κ2) is 35.3. The van der Waals surface area contributed by atoms with E-state index in [1.54, 1.807) is 21.1 Å². The average molecular weight is 732 g/mol. The number of unbranched alkanes of at least 4 members (excludes halogenated alkanes) is 14. The standard InChI is InChI=1S/C44H77NO7/c1-6-8-10-12-14-15-16-17-18-19-20-21-22-23-24-25-26-27-29-31-33-35-43(47)52-40(38-50-37-36-41(44(48)49)45(3,4)5)39-51-42(46)34-32-30-28-13-11-9-7-2/h8-11,14-15,28,30,40-41H,6-7,12-13,16-27,29,31-39H2,1-5H3/b10-8+,11-9+,15-14+,30-28+. The van der Waals surface area contributed by atoms with E-state index in [0.717, 1.165) is 44.9 Å². The predicted molar refractivity (Wildman–Crippen MR) is 213 cm³/mol. The number of hydrogen-bond acceptors (Lipinski definition) is 7. The second-order valence-electron chi connectivity index (χ2n) is 14.8. The first-order chi connectivity index (χ1) is 25.1. The molecule has 0 saturated heterocycles. The minimum atomic E-state index is -1.13. The van der Waals surface area contributed by atoms with Gasteiger partial charge >= 0.3 is 11.9 Å². The third-order valence-corrected chi connectivity index (χ3v) is 8.97. The summed E-state index contributed by atoms with van der Waals surface area (Å²) in [6.07, 6.45) is 40.4. The average Bonchev–Trinajstić information content (AvgIpc) is 3.09. The van der Waals surface area contributed by atoms with Gasteiger partial charge in [0.2, 0.25) is 0 Å². The highest BCUT2D eigenvalue weighted by atomic mass is 16.6. The molecule has 0 aliphatic rings. The van der Waals surface area contributed by atoms with E-state index in [-0.39, 0.29) is 49.1 Å². The van der Waals surface area contributed by atoms with Gasteiger partial charge in [0.25, 0.3) is 0 Å². The summed E-state index contributed by atoms with van der Waals surface area (Å²) >= 11 is 0. The second-order valence-corrected chi connectivity index (χ2v) is 14.8. The molecule has 8 nitrogen and oxygen atoms in total. The summed E-state index contributed by atoms with van der Waals surface area (Å²) in [5, 5.41) is 11.6. The predicted octanol–water partition coefficient (Wildman–Crippen LogP) is 9.52. The molecule has 0 aliphatic carbocycles. The van der Waals surface area contributed by atoms with E-state index in [4.69, 9.17) is 14.2 Å². The molecule has 300 valence electrons. The van der Waals surface area contributed by atoms with Gasteiger partial charge in [-0.05, 0) is 51.4 Å². The first kappa shape index (κ1) is 49.3. The molecular formula is C44H77NO7. The molecule has 0 N–H and O–H groups in total. The number of allylic oxidation sites excluding steroid dienone is 8. The molecule has 0 spiro atoms. The number of ether oxygens (including phenoxy) is 3. The minimum absolute atomic E-state index is 0.0229. The fourth-order valence-corrected chi connectivity index (χ4v) is 5.82. The van der Waals surface area contributed by atoms with Crippen LogP contribution in [0, 0.1) is 0 Å². The van der Waals surface area contributed by atoms with Crippen molar-refractivity contribution in [3.05, 3.63) is 48.6 Å². The van der Waals surface area contributed by atoms with Crippen molar-refractivity contribution in [1.29, 1.82) is 0 Å². The van der Waals surface area contributed by atoms with Crippen molar-refractivity contribution in [2.75, 3.05) is 41.0 Å². The van der Waals surface area contributed by atoms with Crippen molar-refractivity contribution >= 4 is 17.9 Å². The zero-order valence-electron chi connectivity index (χ0n) is 34.0. The topological polar surface area (TPSA) is 102 Å². The van der Waals surface area contributed by atoms with Crippen LogP contribution in [0.1, 0.15) is 162 Å². The quantitative estimate of drug-likeness (QED) is 0.0274. The van der Waals surface area contributed by atoms with Crippen LogP contribution >= 0.6 is 0 Å². The van der Waals surface area contributed by atoms with Crippen LogP contribution in [0.3, 0.4) is 0 Å². The lowest BCUT2D eigenvalue weighted by atomic mass is 10.0. The van der Waals surface area contributed by atoms with Crippen molar-refractivity contribution in [2.24, 2.45) is 0 Å². The van der Waals surface area contributed by atoms with Crippen LogP contribution in [0.2, 0.25) is 0 Å². The first-order valence-corrected chi connectivity index (χ1v) is 20.7. The van der Waals surface area contributed by atoms with Gasteiger partial charge in [0, 0.05) is 19.3 Å². The van der Waals surface area contributed by atoms with Gasteiger partial charge in [0.15, 0.2) is 6.10 Å². The first-order valence-electron chi connectivity index (χ1n) is 20.7. The van der Waals surface area contributed by atoms with Crippen molar-refractivity contribution in [2.45, 2.75) is 174 Å². The molecule has 2 atom stereocenters. The monoisotopic (exact) mass is 732 g/mol. The maximum absolute atomic E-state index is 12.7. The molecule has 0 aliphatic heterocycles. The normalized spacial score (nSPS) is 13.5. The fraction of sp³-hybridized carbons (Fsp3) is 0.750. The number of likely N-dealkylation sites (N-methyl/N-ethyl adjacent to an activating group) is 1. The van der Waals surface area contributed by atoms with Crippen LogP contribution in [0.4, 0.5) is 0 Å². The number of carboxylic acids is 1. The molecule has 0 rings (SSSR count). The van der Waals surface area contributed by atoms with Gasteiger partial charge in [-0.25, -0.2) is 0 Å². The molecule has 0 radical (unpaired) electrons. The van der Waals surface area contributed by atoms with E-state index in [1.165, 1.54) is 77.0 Å². The van der Waals surface area contributed by atoms with E-state index in [9.17, 15) is 19.5 Å². The number of carbonyl (C=O) groups is 3. The zero-order valence-corrected chi connectivity index (χ0v) is 34.0. The molecule has 0 bridgehead atoms. The van der Waals surface area contributed by atoms with Gasteiger partial charge < -0.3 is 28.6 Å². The Hall–Kier alpha value is -2.71. The Morgan fingerprint density at radius 1 is 0.577 bits per heavy atom. The number of nitrogens with zero attached hydrogens (tertiary/aromatic N) is 1. The number of esters is 2. The number of rotatable bonds is 36. The van der Waals surface area contributed by atoms with Crippen molar-refractivity contribution in [3.8, 4) is 0 Å². The van der Waals surface area contributed by atoms with Gasteiger partial charge in [-0.15, -0.1) is 0 Å². The maximum atomic E-state index is 12.7. The Morgan fingerprint density at radius 2 is 1.06 bits per heavy atom. The number of carboxylic acid groups (broad SMARTS) is 1. The summed E-state index contributed by atoms with van der Waals surface area (Å²) in [5.41, 5.74) is 0. The lowest BCUT2D eigenvalue weighted by Gasteiger charge is -2.34. The van der Waals surface area contributed by atoms with Gasteiger partial charge in [0.1, 0.15) is 12.6 Å². The fourth-order valence-electron chi connectivity index (χ4n) is 5.82. The Bertz CT molecular complexity index is 995. The zero-order chi connectivity index (χ0) is 38.5. The Morgan fingerprint density at radius 3 is 1.56 bits per heavy atom. The molecule has 2 unspecified atom stereocenters. The van der Waals surface area contributed by atoms with E-state index < -0.39 is 18.1 Å².